The average Bonchev–Trinajstić information content (AvgIpc) is 2.58. The van der Waals surface area contributed by atoms with Gasteiger partial charge in [-0.25, -0.2) is 0 Å². The van der Waals surface area contributed by atoms with E-state index in [4.69, 9.17) is 0 Å². The van der Waals surface area contributed by atoms with Gasteiger partial charge in [0.25, 0.3) is 0 Å². The van der Waals surface area contributed by atoms with Crippen LogP contribution in [0.4, 0.5) is 0 Å². The molecular weight excluding hydrogens is 128 g/mol. The molecule has 0 amide bonds. The molecule has 0 spiro atoms. The zero-order valence-corrected chi connectivity index (χ0v) is 5.50. The third-order valence-electron chi connectivity index (χ3n) is 2.09. The fraction of sp³-hybridized carbons (Fsp3) is 0.429. The lowest BCUT2D eigenvalue weighted by Gasteiger charge is -1.98. The van der Waals surface area contributed by atoms with Crippen LogP contribution in [0.1, 0.15) is 18.4 Å². The van der Waals surface area contributed by atoms with E-state index in [0.717, 1.165) is 24.7 Å². The quantitative estimate of drug-likeness (QED) is 0.606. The predicted octanol–water partition coefficient (Wildman–Crippen LogP) is 0.640. The number of carbonyl (C=O) groups is 1. The lowest BCUT2D eigenvalue weighted by molar-refractivity contribution is -0.109. The summed E-state index contributed by atoms with van der Waals surface area (Å²) in [4.78, 5) is 10.5. The van der Waals surface area contributed by atoms with E-state index < -0.39 is 0 Å². The Morgan fingerprint density at radius 3 is 2.90 bits per heavy atom. The minimum atomic E-state index is -0.160. The Morgan fingerprint density at radius 1 is 1.70 bits per heavy atom. The van der Waals surface area contributed by atoms with Crippen molar-refractivity contribution >= 4 is 6.29 Å². The molecule has 1 N–H and O–H groups in total. The van der Waals surface area contributed by atoms with Crippen molar-refractivity contribution in [2.24, 2.45) is 0 Å². The largest absolute Gasteiger partial charge is 0.302 e. The molecule has 3 heteroatoms. The zero-order chi connectivity index (χ0) is 7.03. The minimum Gasteiger partial charge on any atom is -0.302 e. The number of aromatic amines is 1. The third-order valence-corrected chi connectivity index (χ3v) is 2.09. The summed E-state index contributed by atoms with van der Waals surface area (Å²) < 4.78 is 0. The molecule has 2 rings (SSSR count). The van der Waals surface area contributed by atoms with Crippen molar-refractivity contribution in [3.05, 3.63) is 18.0 Å². The molecule has 10 heavy (non-hydrogen) atoms. The molecule has 1 aromatic rings. The van der Waals surface area contributed by atoms with Crippen LogP contribution in [0.15, 0.2) is 12.4 Å². The summed E-state index contributed by atoms with van der Waals surface area (Å²) in [7, 11) is 0. The molecule has 0 bridgehead atoms. The van der Waals surface area contributed by atoms with Crippen LogP contribution in [0, 0.1) is 0 Å². The van der Waals surface area contributed by atoms with E-state index in [1.165, 1.54) is 0 Å². The van der Waals surface area contributed by atoms with Crippen LogP contribution < -0.4 is 0 Å². The maximum atomic E-state index is 10.5. The normalized spacial score (nSPS) is 20.4. The van der Waals surface area contributed by atoms with E-state index in [1.807, 2.05) is 0 Å². The second kappa shape index (κ2) is 1.68. The Kier molecular flexibility index (Phi) is 0.952. The van der Waals surface area contributed by atoms with E-state index in [1.54, 1.807) is 12.4 Å². The van der Waals surface area contributed by atoms with Gasteiger partial charge in [0.1, 0.15) is 6.29 Å². The summed E-state index contributed by atoms with van der Waals surface area (Å²) in [5.74, 6) is 0. The number of nitrogens with zero attached hydrogens (tertiary/aromatic N) is 1. The summed E-state index contributed by atoms with van der Waals surface area (Å²) in [5.41, 5.74) is 0.870. The highest BCUT2D eigenvalue weighted by molar-refractivity contribution is 5.72. The van der Waals surface area contributed by atoms with E-state index in [2.05, 4.69) is 10.2 Å². The van der Waals surface area contributed by atoms with Gasteiger partial charge in [-0.3, -0.25) is 5.10 Å². The molecule has 0 aliphatic heterocycles. The van der Waals surface area contributed by atoms with E-state index in [9.17, 15) is 4.79 Å². The molecule has 0 radical (unpaired) electrons. The molecule has 1 aliphatic carbocycles. The molecule has 52 valence electrons. The van der Waals surface area contributed by atoms with Crippen molar-refractivity contribution in [2.75, 3.05) is 0 Å². The highest BCUT2D eigenvalue weighted by atomic mass is 16.1. The summed E-state index contributed by atoms with van der Waals surface area (Å²) in [5, 5.41) is 6.49. The van der Waals surface area contributed by atoms with E-state index in [-0.39, 0.29) is 5.41 Å². The highest BCUT2D eigenvalue weighted by Crippen LogP contribution is 2.45. The van der Waals surface area contributed by atoms with Gasteiger partial charge in [0.2, 0.25) is 0 Å². The first-order chi connectivity index (χ1) is 4.87. The number of rotatable bonds is 2. The van der Waals surface area contributed by atoms with Crippen molar-refractivity contribution in [1.82, 2.24) is 10.2 Å². The number of H-pyrrole nitrogens is 1. The highest BCUT2D eigenvalue weighted by Gasteiger charge is 2.44. The van der Waals surface area contributed by atoms with Gasteiger partial charge in [0.05, 0.1) is 11.6 Å². The van der Waals surface area contributed by atoms with Crippen molar-refractivity contribution in [1.29, 1.82) is 0 Å². The van der Waals surface area contributed by atoms with Gasteiger partial charge in [0.15, 0.2) is 0 Å². The average molecular weight is 136 g/mol. The Balaban J connectivity index is 2.35. The Morgan fingerprint density at radius 2 is 2.50 bits per heavy atom. The first-order valence-corrected chi connectivity index (χ1v) is 3.33. The maximum absolute atomic E-state index is 10.5. The summed E-state index contributed by atoms with van der Waals surface area (Å²) in [6.45, 7) is 0. The van der Waals surface area contributed by atoms with Gasteiger partial charge in [-0.05, 0) is 12.8 Å². The lowest BCUT2D eigenvalue weighted by atomic mass is 10.0. The van der Waals surface area contributed by atoms with Crippen LogP contribution in [0.3, 0.4) is 0 Å². The second-order valence-corrected chi connectivity index (χ2v) is 2.76. The van der Waals surface area contributed by atoms with Crippen molar-refractivity contribution in [2.45, 2.75) is 18.3 Å². The Hall–Kier alpha value is -1.12. The van der Waals surface area contributed by atoms with Crippen LogP contribution in [0.5, 0.6) is 0 Å². The van der Waals surface area contributed by atoms with Gasteiger partial charge in [0, 0.05) is 11.8 Å². The summed E-state index contributed by atoms with van der Waals surface area (Å²) in [6.07, 6.45) is 6.51. The fourth-order valence-electron chi connectivity index (χ4n) is 1.13. The number of aromatic nitrogens is 2. The molecule has 1 fully saturated rings. The third kappa shape index (κ3) is 0.602. The Bertz CT molecular complexity index is 236. The molecule has 3 nitrogen and oxygen atoms in total. The van der Waals surface area contributed by atoms with Crippen LogP contribution in [0.25, 0.3) is 0 Å². The summed E-state index contributed by atoms with van der Waals surface area (Å²) in [6, 6.07) is 0. The van der Waals surface area contributed by atoms with Gasteiger partial charge in [-0.15, -0.1) is 0 Å². The molecule has 0 saturated heterocycles. The molecule has 0 unspecified atom stereocenters. The Labute approximate surface area is 58.4 Å². The number of aldehydes is 1. The molecular formula is C7H8N2O. The summed E-state index contributed by atoms with van der Waals surface area (Å²) >= 11 is 0. The van der Waals surface area contributed by atoms with Crippen LogP contribution >= 0.6 is 0 Å². The van der Waals surface area contributed by atoms with Crippen LogP contribution in [-0.4, -0.2) is 16.5 Å². The first-order valence-electron chi connectivity index (χ1n) is 3.33. The molecule has 0 aromatic carbocycles. The molecule has 1 saturated carbocycles. The molecule has 1 aliphatic rings. The number of hydrogen-bond acceptors (Lipinski definition) is 2. The number of carbonyl (C=O) groups excluding carboxylic acids is 1. The van der Waals surface area contributed by atoms with E-state index in [0.29, 0.717) is 0 Å². The lowest BCUT2D eigenvalue weighted by Crippen LogP contribution is -2.05. The first kappa shape index (κ1) is 5.65. The van der Waals surface area contributed by atoms with Crippen molar-refractivity contribution in [3.8, 4) is 0 Å². The van der Waals surface area contributed by atoms with Crippen molar-refractivity contribution in [3.63, 3.8) is 0 Å². The SMILES string of the molecule is O=CC1(c2cn[nH]c2)CC1. The number of nitrogens with one attached hydrogen (secondary N) is 1. The standard InChI is InChI=1S/C7H8N2O/c10-5-7(1-2-7)6-3-8-9-4-6/h3-5H,1-2H2,(H,8,9). The topological polar surface area (TPSA) is 45.8 Å². The number of hydrogen-bond donors (Lipinski definition) is 1. The van der Waals surface area contributed by atoms with Crippen molar-refractivity contribution < 1.29 is 4.79 Å². The van der Waals surface area contributed by atoms with Gasteiger partial charge >= 0.3 is 0 Å². The second-order valence-electron chi connectivity index (χ2n) is 2.76. The molecule has 1 heterocycles. The zero-order valence-electron chi connectivity index (χ0n) is 5.50. The molecule has 1 aromatic heterocycles. The molecule has 0 atom stereocenters. The van der Waals surface area contributed by atoms with E-state index >= 15 is 0 Å². The van der Waals surface area contributed by atoms with Crippen LogP contribution in [0.2, 0.25) is 0 Å². The monoisotopic (exact) mass is 136 g/mol. The predicted molar refractivity (Wildman–Crippen MR) is 35.6 cm³/mol. The van der Waals surface area contributed by atoms with Crippen LogP contribution in [-0.2, 0) is 10.2 Å². The maximum Gasteiger partial charge on any atom is 0.130 e. The fourth-order valence-corrected chi connectivity index (χ4v) is 1.13. The minimum absolute atomic E-state index is 0.160. The van der Waals surface area contributed by atoms with Gasteiger partial charge in [-0.1, -0.05) is 0 Å². The smallest absolute Gasteiger partial charge is 0.130 e. The van der Waals surface area contributed by atoms with Gasteiger partial charge in [-0.2, -0.15) is 5.10 Å². The van der Waals surface area contributed by atoms with Gasteiger partial charge < -0.3 is 4.79 Å².